The molecule has 0 saturated heterocycles. The van der Waals surface area contributed by atoms with Gasteiger partial charge in [-0.15, -0.1) is 0 Å². The number of nitrogens with zero attached hydrogens (tertiary/aromatic N) is 2. The topological polar surface area (TPSA) is 86.8 Å². The number of carbonyl (C=O) groups is 2. The summed E-state index contributed by atoms with van der Waals surface area (Å²) < 4.78 is 66.7. The van der Waals surface area contributed by atoms with Crippen LogP contribution in [0.4, 0.5) is 18.9 Å². The predicted molar refractivity (Wildman–Crippen MR) is 157 cm³/mol. The molecule has 0 bridgehead atoms. The van der Waals surface area contributed by atoms with Crippen molar-refractivity contribution in [2.24, 2.45) is 0 Å². The van der Waals surface area contributed by atoms with Crippen molar-refractivity contribution in [1.82, 2.24) is 10.2 Å². The van der Waals surface area contributed by atoms with Gasteiger partial charge in [0.2, 0.25) is 21.8 Å². The minimum atomic E-state index is -4.71. The number of aryl methyl sites for hydroxylation is 1. The first-order valence-electron chi connectivity index (χ1n) is 13.5. The molecule has 3 aromatic carbocycles. The quantitative estimate of drug-likeness (QED) is 0.303. The van der Waals surface area contributed by atoms with Crippen LogP contribution < -0.4 is 9.62 Å². The summed E-state index contributed by atoms with van der Waals surface area (Å²) in [6.07, 6.45) is -3.10. The zero-order chi connectivity index (χ0) is 31.1. The highest BCUT2D eigenvalue weighted by atomic mass is 32.2. The first kappa shape index (κ1) is 32.7. The van der Waals surface area contributed by atoms with Crippen molar-refractivity contribution in [3.63, 3.8) is 0 Å². The second kappa shape index (κ2) is 13.9. The summed E-state index contributed by atoms with van der Waals surface area (Å²) >= 11 is 0. The number of rotatable bonds is 12. The lowest BCUT2D eigenvalue weighted by Crippen LogP contribution is -2.54. The Bertz CT molecular complexity index is 1480. The summed E-state index contributed by atoms with van der Waals surface area (Å²) in [6, 6.07) is 19.0. The Hall–Kier alpha value is -3.86. The zero-order valence-electron chi connectivity index (χ0n) is 24.1. The lowest BCUT2D eigenvalue weighted by Gasteiger charge is -2.34. The van der Waals surface area contributed by atoms with Gasteiger partial charge in [0, 0.05) is 19.0 Å². The van der Waals surface area contributed by atoms with Gasteiger partial charge in [-0.2, -0.15) is 13.2 Å². The van der Waals surface area contributed by atoms with E-state index in [1.54, 1.807) is 6.07 Å². The Morgan fingerprint density at radius 3 is 2.19 bits per heavy atom. The highest BCUT2D eigenvalue weighted by Crippen LogP contribution is 2.32. The number of carbonyl (C=O) groups excluding carboxylic acids is 2. The molecule has 0 radical (unpaired) electrons. The van der Waals surface area contributed by atoms with Crippen LogP contribution in [0.2, 0.25) is 0 Å². The number of benzene rings is 3. The van der Waals surface area contributed by atoms with Gasteiger partial charge < -0.3 is 10.2 Å². The summed E-state index contributed by atoms with van der Waals surface area (Å²) in [4.78, 5) is 29.1. The lowest BCUT2D eigenvalue weighted by molar-refractivity contribution is -0.140. The maximum Gasteiger partial charge on any atom is 0.416 e. The van der Waals surface area contributed by atoms with Crippen LogP contribution in [0, 0.1) is 6.92 Å². The summed E-state index contributed by atoms with van der Waals surface area (Å²) in [6.45, 7) is 4.79. The Balaban J connectivity index is 2.10. The summed E-state index contributed by atoms with van der Waals surface area (Å²) in [5.41, 5.74) is 1.02. The summed E-state index contributed by atoms with van der Waals surface area (Å²) in [5.74, 6) is -1.15. The fourth-order valence-corrected chi connectivity index (χ4v) is 5.26. The molecular weight excluding hydrogens is 567 g/mol. The molecule has 0 fully saturated rings. The monoisotopic (exact) mass is 603 g/mol. The highest BCUT2D eigenvalue weighted by Gasteiger charge is 2.35. The Morgan fingerprint density at radius 2 is 1.60 bits per heavy atom. The largest absolute Gasteiger partial charge is 0.416 e. The van der Waals surface area contributed by atoms with Gasteiger partial charge in [-0.25, -0.2) is 8.42 Å². The van der Waals surface area contributed by atoms with E-state index < -0.39 is 46.2 Å². The molecule has 0 spiro atoms. The molecular formula is C31H36F3N3O4S. The smallest absolute Gasteiger partial charge is 0.352 e. The molecule has 0 heterocycles. The third-order valence-corrected chi connectivity index (χ3v) is 8.16. The van der Waals surface area contributed by atoms with Gasteiger partial charge in [0.25, 0.3) is 0 Å². The number of sulfonamides is 1. The summed E-state index contributed by atoms with van der Waals surface area (Å²) in [5, 5.41) is 2.94. The molecule has 11 heteroatoms. The molecule has 0 aliphatic rings. The molecule has 0 saturated carbocycles. The van der Waals surface area contributed by atoms with Crippen LogP contribution in [0.5, 0.6) is 0 Å². The first-order chi connectivity index (χ1) is 19.7. The first-order valence-corrected chi connectivity index (χ1v) is 15.4. The Labute approximate surface area is 245 Å². The van der Waals surface area contributed by atoms with Crippen molar-refractivity contribution in [1.29, 1.82) is 0 Å². The van der Waals surface area contributed by atoms with E-state index in [1.165, 1.54) is 11.0 Å². The van der Waals surface area contributed by atoms with E-state index in [1.807, 2.05) is 69.3 Å². The van der Waals surface area contributed by atoms with Gasteiger partial charge in [-0.3, -0.25) is 13.9 Å². The molecule has 0 aliphatic carbocycles. The van der Waals surface area contributed by atoms with E-state index in [0.29, 0.717) is 16.8 Å². The van der Waals surface area contributed by atoms with Crippen LogP contribution in [0.15, 0.2) is 78.9 Å². The molecule has 2 atom stereocenters. The minimum Gasteiger partial charge on any atom is -0.352 e. The van der Waals surface area contributed by atoms with E-state index in [9.17, 15) is 31.2 Å². The SMILES string of the molecule is CC[C@@H](C)NC(=O)[C@H](Cc1ccccc1)N(Cc1ccccc1C)C(=O)CN(c1cccc(C(F)(F)F)c1)S(C)(=O)=O. The number of anilines is 1. The molecule has 0 unspecified atom stereocenters. The van der Waals surface area contributed by atoms with Crippen LogP contribution in [0.3, 0.4) is 0 Å². The van der Waals surface area contributed by atoms with Gasteiger partial charge in [-0.05, 0) is 55.2 Å². The maximum absolute atomic E-state index is 14.1. The number of hydrogen-bond acceptors (Lipinski definition) is 4. The molecule has 7 nitrogen and oxygen atoms in total. The van der Waals surface area contributed by atoms with Crippen molar-refractivity contribution in [2.75, 3.05) is 17.1 Å². The van der Waals surface area contributed by atoms with E-state index in [-0.39, 0.29) is 24.7 Å². The highest BCUT2D eigenvalue weighted by molar-refractivity contribution is 7.92. The zero-order valence-corrected chi connectivity index (χ0v) is 24.9. The van der Waals surface area contributed by atoms with Crippen molar-refractivity contribution in [3.8, 4) is 0 Å². The van der Waals surface area contributed by atoms with Crippen molar-refractivity contribution < 1.29 is 31.2 Å². The number of amides is 2. The van der Waals surface area contributed by atoms with E-state index in [2.05, 4.69) is 5.32 Å². The third-order valence-electron chi connectivity index (χ3n) is 7.01. The van der Waals surface area contributed by atoms with Crippen molar-refractivity contribution in [2.45, 2.75) is 58.4 Å². The van der Waals surface area contributed by atoms with Gasteiger partial charge in [-0.1, -0.05) is 67.6 Å². The molecule has 3 aromatic rings. The average molecular weight is 604 g/mol. The van der Waals surface area contributed by atoms with E-state index in [4.69, 9.17) is 0 Å². The molecule has 0 aliphatic heterocycles. The molecule has 226 valence electrons. The number of alkyl halides is 3. The normalized spacial score (nSPS) is 13.2. The van der Waals surface area contributed by atoms with E-state index in [0.717, 1.165) is 35.1 Å². The van der Waals surface area contributed by atoms with Crippen molar-refractivity contribution in [3.05, 3.63) is 101 Å². The maximum atomic E-state index is 14.1. The molecule has 42 heavy (non-hydrogen) atoms. The molecule has 2 amide bonds. The van der Waals surface area contributed by atoms with Crippen LogP contribution in [-0.2, 0) is 38.8 Å². The standard InChI is InChI=1S/C31H36F3N3O4S/c1-5-23(3)35-30(39)28(18-24-13-7-6-8-14-24)36(20-25-15-10-9-12-22(25)2)29(38)21-37(42(4,40)41)27-17-11-16-26(19-27)31(32,33)34/h6-17,19,23,28H,5,18,20-21H2,1-4H3,(H,35,39)/t23-,28+/m1/s1. The van der Waals surface area contributed by atoms with Gasteiger partial charge in [0.15, 0.2) is 0 Å². The van der Waals surface area contributed by atoms with Crippen LogP contribution in [0.25, 0.3) is 0 Å². The fourth-order valence-electron chi connectivity index (χ4n) is 4.42. The number of halogens is 3. The average Bonchev–Trinajstić information content (AvgIpc) is 2.93. The van der Waals surface area contributed by atoms with Crippen LogP contribution in [0.1, 0.15) is 42.5 Å². The molecule has 0 aromatic heterocycles. The Morgan fingerprint density at radius 1 is 0.952 bits per heavy atom. The number of nitrogens with one attached hydrogen (secondary N) is 1. The Kier molecular flexibility index (Phi) is 10.8. The van der Waals surface area contributed by atoms with Crippen LogP contribution >= 0.6 is 0 Å². The predicted octanol–water partition coefficient (Wildman–Crippen LogP) is 5.33. The molecule has 1 N–H and O–H groups in total. The van der Waals surface area contributed by atoms with Gasteiger partial charge >= 0.3 is 6.18 Å². The second-order valence-electron chi connectivity index (χ2n) is 10.3. The minimum absolute atomic E-state index is 0.0167. The lowest BCUT2D eigenvalue weighted by atomic mass is 10.0. The fraction of sp³-hybridized carbons (Fsp3) is 0.355. The second-order valence-corrected chi connectivity index (χ2v) is 12.2. The third kappa shape index (κ3) is 8.82. The molecule has 3 rings (SSSR count). The van der Waals surface area contributed by atoms with Gasteiger partial charge in [0.05, 0.1) is 17.5 Å². The summed E-state index contributed by atoms with van der Waals surface area (Å²) in [7, 11) is -4.20. The van der Waals surface area contributed by atoms with Crippen molar-refractivity contribution >= 4 is 27.5 Å². The number of hydrogen-bond donors (Lipinski definition) is 1. The van der Waals surface area contributed by atoms with Gasteiger partial charge in [0.1, 0.15) is 12.6 Å². The van der Waals surface area contributed by atoms with E-state index >= 15 is 0 Å². The van der Waals surface area contributed by atoms with Crippen LogP contribution in [-0.4, -0.2) is 50.0 Å².